The molecule has 1 aromatic heterocycles. The SMILES string of the molecule is CSc1nc(C)cc(N2CCN(Cc3ccc(OC(F)F)cc3)CC2)n1. The number of alkyl halides is 2. The molecule has 26 heavy (non-hydrogen) atoms. The number of nitrogens with zero attached hydrogens (tertiary/aromatic N) is 4. The van der Waals surface area contributed by atoms with E-state index < -0.39 is 6.61 Å². The van der Waals surface area contributed by atoms with Gasteiger partial charge in [-0.25, -0.2) is 9.97 Å². The third-order valence-electron chi connectivity index (χ3n) is 4.25. The van der Waals surface area contributed by atoms with E-state index in [2.05, 4.69) is 24.5 Å². The zero-order valence-corrected chi connectivity index (χ0v) is 15.7. The number of thioether (sulfide) groups is 1. The van der Waals surface area contributed by atoms with Crippen LogP contribution in [0.25, 0.3) is 0 Å². The lowest BCUT2D eigenvalue weighted by atomic mass is 10.2. The second kappa shape index (κ2) is 8.64. The van der Waals surface area contributed by atoms with Crippen molar-refractivity contribution in [2.45, 2.75) is 25.2 Å². The number of rotatable bonds is 6. The van der Waals surface area contributed by atoms with Crippen molar-refractivity contribution in [3.05, 3.63) is 41.6 Å². The lowest BCUT2D eigenvalue weighted by Crippen LogP contribution is -2.46. The number of piperazine rings is 1. The minimum Gasteiger partial charge on any atom is -0.435 e. The number of anilines is 1. The summed E-state index contributed by atoms with van der Waals surface area (Å²) in [5, 5.41) is 0.800. The van der Waals surface area contributed by atoms with Gasteiger partial charge in [-0.15, -0.1) is 0 Å². The fraction of sp³-hybridized carbons (Fsp3) is 0.444. The van der Waals surface area contributed by atoms with Crippen LogP contribution in [-0.4, -0.2) is 53.9 Å². The summed E-state index contributed by atoms with van der Waals surface area (Å²) in [6.45, 7) is 3.64. The third kappa shape index (κ3) is 5.04. The zero-order chi connectivity index (χ0) is 18.5. The van der Waals surface area contributed by atoms with E-state index in [0.717, 1.165) is 55.0 Å². The van der Waals surface area contributed by atoms with Crippen LogP contribution in [0.3, 0.4) is 0 Å². The van der Waals surface area contributed by atoms with Crippen molar-refractivity contribution in [2.24, 2.45) is 0 Å². The maximum absolute atomic E-state index is 12.2. The molecule has 2 heterocycles. The van der Waals surface area contributed by atoms with Gasteiger partial charge in [0.05, 0.1) is 0 Å². The first-order valence-electron chi connectivity index (χ1n) is 8.44. The molecule has 8 heteroatoms. The van der Waals surface area contributed by atoms with Gasteiger partial charge in [0.1, 0.15) is 11.6 Å². The largest absolute Gasteiger partial charge is 0.435 e. The van der Waals surface area contributed by atoms with Crippen molar-refractivity contribution < 1.29 is 13.5 Å². The highest BCUT2D eigenvalue weighted by molar-refractivity contribution is 7.98. The van der Waals surface area contributed by atoms with Crippen molar-refractivity contribution in [1.82, 2.24) is 14.9 Å². The third-order valence-corrected chi connectivity index (χ3v) is 4.80. The smallest absolute Gasteiger partial charge is 0.387 e. The van der Waals surface area contributed by atoms with Crippen molar-refractivity contribution in [3.63, 3.8) is 0 Å². The van der Waals surface area contributed by atoms with Crippen molar-refractivity contribution in [2.75, 3.05) is 37.3 Å². The molecule has 1 fully saturated rings. The molecule has 0 bridgehead atoms. The average Bonchev–Trinajstić information content (AvgIpc) is 2.63. The van der Waals surface area contributed by atoms with Gasteiger partial charge in [-0.3, -0.25) is 4.90 Å². The van der Waals surface area contributed by atoms with Crippen LogP contribution >= 0.6 is 11.8 Å². The lowest BCUT2D eigenvalue weighted by Gasteiger charge is -2.35. The quantitative estimate of drug-likeness (QED) is 0.565. The second-order valence-electron chi connectivity index (χ2n) is 6.14. The number of benzene rings is 1. The highest BCUT2D eigenvalue weighted by atomic mass is 32.2. The first-order valence-corrected chi connectivity index (χ1v) is 9.66. The maximum Gasteiger partial charge on any atom is 0.387 e. The highest BCUT2D eigenvalue weighted by Gasteiger charge is 2.19. The molecule has 0 atom stereocenters. The monoisotopic (exact) mass is 380 g/mol. The Morgan fingerprint density at radius 1 is 1.12 bits per heavy atom. The first kappa shape index (κ1) is 18.8. The minimum atomic E-state index is -2.79. The van der Waals surface area contributed by atoms with Gasteiger partial charge in [0.2, 0.25) is 0 Å². The van der Waals surface area contributed by atoms with E-state index in [1.807, 2.05) is 31.4 Å². The van der Waals surface area contributed by atoms with Gasteiger partial charge in [0, 0.05) is 44.5 Å². The van der Waals surface area contributed by atoms with Crippen molar-refractivity contribution >= 4 is 17.6 Å². The summed E-state index contributed by atoms with van der Waals surface area (Å²) >= 11 is 1.55. The summed E-state index contributed by atoms with van der Waals surface area (Å²) in [4.78, 5) is 13.6. The Kier molecular flexibility index (Phi) is 6.26. The van der Waals surface area contributed by atoms with E-state index in [9.17, 15) is 8.78 Å². The van der Waals surface area contributed by atoms with Gasteiger partial charge in [0.25, 0.3) is 0 Å². The van der Waals surface area contributed by atoms with E-state index in [1.54, 1.807) is 23.9 Å². The van der Waals surface area contributed by atoms with Gasteiger partial charge < -0.3 is 9.64 Å². The second-order valence-corrected chi connectivity index (χ2v) is 6.91. The van der Waals surface area contributed by atoms with E-state index >= 15 is 0 Å². The molecule has 0 aliphatic carbocycles. The first-order chi connectivity index (χ1) is 12.5. The summed E-state index contributed by atoms with van der Waals surface area (Å²) in [6.07, 6.45) is 1.98. The normalized spacial score (nSPS) is 15.5. The van der Waals surface area contributed by atoms with Gasteiger partial charge in [-0.2, -0.15) is 8.78 Å². The van der Waals surface area contributed by atoms with E-state index in [4.69, 9.17) is 0 Å². The summed E-state index contributed by atoms with van der Waals surface area (Å²) in [5.41, 5.74) is 2.07. The van der Waals surface area contributed by atoms with Crippen molar-refractivity contribution in [1.29, 1.82) is 0 Å². The molecule has 0 saturated carbocycles. The molecule has 2 aromatic rings. The van der Waals surface area contributed by atoms with Crippen LogP contribution in [0.4, 0.5) is 14.6 Å². The van der Waals surface area contributed by atoms with Crippen LogP contribution in [0.5, 0.6) is 5.75 Å². The number of hydrogen-bond acceptors (Lipinski definition) is 6. The van der Waals surface area contributed by atoms with Crippen LogP contribution in [0, 0.1) is 6.92 Å². The van der Waals surface area contributed by atoms with Crippen LogP contribution in [-0.2, 0) is 6.54 Å². The van der Waals surface area contributed by atoms with Crippen LogP contribution in [0.15, 0.2) is 35.5 Å². The molecule has 5 nitrogen and oxygen atoms in total. The summed E-state index contributed by atoms with van der Waals surface area (Å²) in [5.74, 6) is 1.17. The fourth-order valence-electron chi connectivity index (χ4n) is 2.95. The minimum absolute atomic E-state index is 0.192. The molecule has 1 aromatic carbocycles. The lowest BCUT2D eigenvalue weighted by molar-refractivity contribution is -0.0498. The Hall–Kier alpha value is -1.93. The molecule has 1 aliphatic rings. The van der Waals surface area contributed by atoms with E-state index in [1.165, 1.54) is 0 Å². The molecule has 0 radical (unpaired) electrons. The van der Waals surface area contributed by atoms with Gasteiger partial charge in [-0.05, 0) is 30.9 Å². The highest BCUT2D eigenvalue weighted by Crippen LogP contribution is 2.20. The van der Waals surface area contributed by atoms with Gasteiger partial charge >= 0.3 is 6.61 Å². The Morgan fingerprint density at radius 2 is 1.81 bits per heavy atom. The standard InChI is InChI=1S/C18H22F2N4OS/c1-13-11-16(22-18(21-13)26-2)24-9-7-23(8-10-24)12-14-3-5-15(6-4-14)25-17(19)20/h3-6,11,17H,7-10,12H2,1-2H3. The van der Waals surface area contributed by atoms with E-state index in [0.29, 0.717) is 0 Å². The summed E-state index contributed by atoms with van der Waals surface area (Å²) in [7, 11) is 0. The van der Waals surface area contributed by atoms with E-state index in [-0.39, 0.29) is 5.75 Å². The summed E-state index contributed by atoms with van der Waals surface area (Å²) in [6, 6.07) is 8.87. The molecule has 0 N–H and O–H groups in total. The zero-order valence-electron chi connectivity index (χ0n) is 14.9. The predicted molar refractivity (Wildman–Crippen MR) is 99.1 cm³/mol. The summed E-state index contributed by atoms with van der Waals surface area (Å²) < 4.78 is 28.8. The topological polar surface area (TPSA) is 41.5 Å². The fourth-order valence-corrected chi connectivity index (χ4v) is 3.37. The Balaban J connectivity index is 1.54. The van der Waals surface area contributed by atoms with Gasteiger partial charge in [-0.1, -0.05) is 23.9 Å². The molecular weight excluding hydrogens is 358 g/mol. The number of aromatic nitrogens is 2. The van der Waals surface area contributed by atoms with Crippen LogP contribution in [0.1, 0.15) is 11.3 Å². The number of hydrogen-bond donors (Lipinski definition) is 0. The molecule has 3 rings (SSSR count). The predicted octanol–water partition coefficient (Wildman–Crippen LogP) is 3.43. The Labute approximate surface area is 156 Å². The molecule has 0 spiro atoms. The Bertz CT molecular complexity index is 722. The molecule has 1 aliphatic heterocycles. The van der Waals surface area contributed by atoms with Crippen LogP contribution < -0.4 is 9.64 Å². The van der Waals surface area contributed by atoms with Crippen molar-refractivity contribution in [3.8, 4) is 5.75 Å². The maximum atomic E-state index is 12.2. The molecular formula is C18H22F2N4OS. The number of halogens is 2. The van der Waals surface area contributed by atoms with Crippen LogP contribution in [0.2, 0.25) is 0 Å². The molecule has 0 amide bonds. The Morgan fingerprint density at radius 3 is 2.42 bits per heavy atom. The molecule has 140 valence electrons. The number of aryl methyl sites for hydroxylation is 1. The van der Waals surface area contributed by atoms with Gasteiger partial charge in [0.15, 0.2) is 5.16 Å². The molecule has 1 saturated heterocycles. The number of ether oxygens (including phenoxy) is 1. The average molecular weight is 380 g/mol. The molecule has 0 unspecified atom stereocenters.